The third kappa shape index (κ3) is 3.00. The SMILES string of the molecule is O=C1NCCC[C@]12CN(c1ncnc3nc[nH]c13)CC[C@H]2O.O=CO. The minimum absolute atomic E-state index is 0.0501. The Bertz CT molecular complexity index is 765. The number of carbonyl (C=O) groups is 2. The smallest absolute Gasteiger partial charge is 0.290 e. The van der Waals surface area contributed by atoms with E-state index in [1.807, 2.05) is 0 Å². The molecule has 1 spiro atoms. The number of anilines is 1. The molecule has 2 aliphatic heterocycles. The number of amides is 1. The fourth-order valence-corrected chi connectivity index (χ4v) is 3.62. The minimum Gasteiger partial charge on any atom is -0.483 e. The first-order valence-corrected chi connectivity index (χ1v) is 8.05. The zero-order chi connectivity index (χ0) is 17.9. The standard InChI is InChI=1S/C14H18N6O2.CH2O2/c21-9-2-5-20(6-14(9)3-1-4-15-13(14)22)12-10-11(17-7-16-10)18-8-19-12;2-1-3/h7-9,21H,1-6H2,(H,15,22)(H,16,17,18,19);1H,(H,2,3)/t9-,14-;/m1./s1. The number of nitrogens with one attached hydrogen (secondary N) is 2. The van der Waals surface area contributed by atoms with E-state index in [4.69, 9.17) is 9.90 Å². The van der Waals surface area contributed by atoms with E-state index in [2.05, 4.69) is 30.2 Å². The summed E-state index contributed by atoms with van der Waals surface area (Å²) >= 11 is 0. The number of fused-ring (bicyclic) bond motifs is 1. The Kier molecular flexibility index (Phi) is 4.79. The highest BCUT2D eigenvalue weighted by Crippen LogP contribution is 2.39. The number of imidazole rings is 1. The van der Waals surface area contributed by atoms with Gasteiger partial charge in [-0.15, -0.1) is 0 Å². The highest BCUT2D eigenvalue weighted by atomic mass is 16.3. The van der Waals surface area contributed by atoms with Crippen molar-refractivity contribution in [2.24, 2.45) is 5.41 Å². The van der Waals surface area contributed by atoms with Crippen LogP contribution in [0.15, 0.2) is 12.7 Å². The Morgan fingerprint density at radius 2 is 2.16 bits per heavy atom. The molecule has 4 heterocycles. The number of H-pyrrole nitrogens is 1. The molecule has 2 aliphatic rings. The second-order valence-corrected chi connectivity index (χ2v) is 6.15. The number of aromatic amines is 1. The molecular formula is C15H20N6O4. The predicted octanol–water partition coefficient (Wildman–Crippen LogP) is -0.479. The van der Waals surface area contributed by atoms with Crippen LogP contribution in [0.1, 0.15) is 19.3 Å². The summed E-state index contributed by atoms with van der Waals surface area (Å²) in [5.41, 5.74) is 0.636. The molecule has 4 rings (SSSR count). The number of rotatable bonds is 1. The predicted molar refractivity (Wildman–Crippen MR) is 87.9 cm³/mol. The third-order valence-corrected chi connectivity index (χ3v) is 4.82. The van der Waals surface area contributed by atoms with Crippen molar-refractivity contribution in [2.45, 2.75) is 25.4 Å². The van der Waals surface area contributed by atoms with E-state index in [1.54, 1.807) is 6.33 Å². The molecular weight excluding hydrogens is 328 g/mol. The molecule has 25 heavy (non-hydrogen) atoms. The Hall–Kier alpha value is -2.75. The van der Waals surface area contributed by atoms with E-state index >= 15 is 0 Å². The zero-order valence-corrected chi connectivity index (χ0v) is 13.6. The van der Waals surface area contributed by atoms with Crippen LogP contribution in [0.5, 0.6) is 0 Å². The van der Waals surface area contributed by atoms with Crippen molar-refractivity contribution in [3.8, 4) is 0 Å². The molecule has 0 bridgehead atoms. The first kappa shape index (κ1) is 17.1. The van der Waals surface area contributed by atoms with E-state index in [1.165, 1.54) is 6.33 Å². The van der Waals surface area contributed by atoms with Crippen molar-refractivity contribution >= 4 is 29.4 Å². The summed E-state index contributed by atoms with van der Waals surface area (Å²) in [7, 11) is 0. The van der Waals surface area contributed by atoms with Gasteiger partial charge in [-0.2, -0.15) is 0 Å². The van der Waals surface area contributed by atoms with Crippen molar-refractivity contribution in [1.29, 1.82) is 0 Å². The molecule has 0 aliphatic carbocycles. The number of aliphatic hydroxyl groups is 1. The van der Waals surface area contributed by atoms with E-state index in [-0.39, 0.29) is 12.4 Å². The largest absolute Gasteiger partial charge is 0.483 e. The Morgan fingerprint density at radius 1 is 1.36 bits per heavy atom. The van der Waals surface area contributed by atoms with Gasteiger partial charge < -0.3 is 25.4 Å². The summed E-state index contributed by atoms with van der Waals surface area (Å²) in [4.78, 5) is 38.5. The molecule has 0 saturated carbocycles. The molecule has 2 fully saturated rings. The minimum atomic E-state index is -0.742. The van der Waals surface area contributed by atoms with Gasteiger partial charge in [-0.25, -0.2) is 15.0 Å². The molecule has 2 aromatic rings. The Morgan fingerprint density at radius 3 is 2.92 bits per heavy atom. The van der Waals surface area contributed by atoms with Gasteiger partial charge in [0.1, 0.15) is 11.8 Å². The fourth-order valence-electron chi connectivity index (χ4n) is 3.62. The lowest BCUT2D eigenvalue weighted by atomic mass is 9.71. The van der Waals surface area contributed by atoms with Gasteiger partial charge in [-0.3, -0.25) is 9.59 Å². The van der Waals surface area contributed by atoms with Crippen molar-refractivity contribution in [2.75, 3.05) is 24.5 Å². The van der Waals surface area contributed by atoms with Crippen molar-refractivity contribution in [1.82, 2.24) is 25.3 Å². The number of piperidine rings is 2. The van der Waals surface area contributed by atoms with Crippen LogP contribution >= 0.6 is 0 Å². The second kappa shape index (κ2) is 7.01. The molecule has 2 atom stereocenters. The van der Waals surface area contributed by atoms with Gasteiger partial charge in [0.25, 0.3) is 6.47 Å². The molecule has 10 nitrogen and oxygen atoms in total. The zero-order valence-electron chi connectivity index (χ0n) is 13.6. The van der Waals surface area contributed by atoms with Gasteiger partial charge in [-0.1, -0.05) is 0 Å². The first-order valence-electron chi connectivity index (χ1n) is 8.05. The molecule has 2 saturated heterocycles. The van der Waals surface area contributed by atoms with E-state index in [0.29, 0.717) is 38.1 Å². The monoisotopic (exact) mass is 348 g/mol. The second-order valence-electron chi connectivity index (χ2n) is 6.15. The van der Waals surface area contributed by atoms with Crippen LogP contribution in [0.25, 0.3) is 11.2 Å². The summed E-state index contributed by atoms with van der Waals surface area (Å²) < 4.78 is 0. The van der Waals surface area contributed by atoms with Gasteiger partial charge in [0.15, 0.2) is 11.5 Å². The van der Waals surface area contributed by atoms with Crippen LogP contribution in [0, 0.1) is 5.41 Å². The molecule has 2 aromatic heterocycles. The number of hydrogen-bond donors (Lipinski definition) is 4. The summed E-state index contributed by atoms with van der Waals surface area (Å²) in [5, 5.41) is 20.2. The third-order valence-electron chi connectivity index (χ3n) is 4.82. The van der Waals surface area contributed by atoms with Gasteiger partial charge in [0.05, 0.1) is 17.8 Å². The van der Waals surface area contributed by atoms with Crippen molar-refractivity contribution in [3.63, 3.8) is 0 Å². The molecule has 0 unspecified atom stereocenters. The molecule has 1 amide bonds. The van der Waals surface area contributed by atoms with Crippen LogP contribution in [0.2, 0.25) is 0 Å². The van der Waals surface area contributed by atoms with Gasteiger partial charge in [0.2, 0.25) is 5.91 Å². The maximum atomic E-state index is 12.4. The highest BCUT2D eigenvalue weighted by molar-refractivity contribution is 5.87. The Balaban J connectivity index is 0.000000569. The average molecular weight is 348 g/mol. The van der Waals surface area contributed by atoms with Gasteiger partial charge >= 0.3 is 0 Å². The lowest BCUT2D eigenvalue weighted by Crippen LogP contribution is -2.61. The van der Waals surface area contributed by atoms with Gasteiger partial charge in [-0.05, 0) is 19.3 Å². The van der Waals surface area contributed by atoms with E-state index in [0.717, 1.165) is 17.8 Å². The number of aliphatic hydroxyl groups excluding tert-OH is 1. The molecule has 10 heteroatoms. The molecule has 134 valence electrons. The van der Waals surface area contributed by atoms with Gasteiger partial charge in [0, 0.05) is 19.6 Å². The van der Waals surface area contributed by atoms with Crippen molar-refractivity contribution < 1.29 is 19.8 Å². The maximum absolute atomic E-state index is 12.4. The normalized spacial score (nSPS) is 26.0. The van der Waals surface area contributed by atoms with Crippen LogP contribution < -0.4 is 10.2 Å². The number of carbonyl (C=O) groups excluding carboxylic acids is 1. The van der Waals surface area contributed by atoms with Crippen LogP contribution in [0.4, 0.5) is 5.82 Å². The maximum Gasteiger partial charge on any atom is 0.290 e. The molecule has 4 N–H and O–H groups in total. The Labute approximate surface area is 143 Å². The summed E-state index contributed by atoms with van der Waals surface area (Å²) in [5.74, 6) is 0.693. The first-order chi connectivity index (χ1) is 12.1. The lowest BCUT2D eigenvalue weighted by molar-refractivity contribution is -0.142. The summed E-state index contributed by atoms with van der Waals surface area (Å²) in [6.07, 6.45) is 4.60. The number of carboxylic acid groups (broad SMARTS) is 1. The quantitative estimate of drug-likeness (QED) is 0.506. The summed E-state index contributed by atoms with van der Waals surface area (Å²) in [6.45, 7) is 1.55. The number of hydrogen-bond acceptors (Lipinski definition) is 7. The molecule has 0 radical (unpaired) electrons. The highest BCUT2D eigenvalue weighted by Gasteiger charge is 2.50. The number of aromatic nitrogens is 4. The van der Waals surface area contributed by atoms with Crippen LogP contribution in [0.3, 0.4) is 0 Å². The van der Waals surface area contributed by atoms with Crippen LogP contribution in [-0.2, 0) is 9.59 Å². The molecule has 0 aromatic carbocycles. The van der Waals surface area contributed by atoms with Crippen LogP contribution in [-0.4, -0.2) is 68.3 Å². The fraction of sp³-hybridized carbons (Fsp3) is 0.533. The van der Waals surface area contributed by atoms with Crippen molar-refractivity contribution in [3.05, 3.63) is 12.7 Å². The van der Waals surface area contributed by atoms with E-state index in [9.17, 15) is 9.90 Å². The average Bonchev–Trinajstić information content (AvgIpc) is 3.09. The topological polar surface area (TPSA) is 144 Å². The van der Waals surface area contributed by atoms with E-state index < -0.39 is 11.5 Å². The number of nitrogens with zero attached hydrogens (tertiary/aromatic N) is 4. The lowest BCUT2D eigenvalue weighted by Gasteiger charge is -2.47. The summed E-state index contributed by atoms with van der Waals surface area (Å²) in [6, 6.07) is 0.